The number of rotatable bonds is 4. The summed E-state index contributed by atoms with van der Waals surface area (Å²) in [7, 11) is 3.45. The van der Waals surface area contributed by atoms with Crippen LogP contribution in [0.25, 0.3) is 0 Å². The summed E-state index contributed by atoms with van der Waals surface area (Å²) in [5.41, 5.74) is 1.21. The van der Waals surface area contributed by atoms with Gasteiger partial charge in [-0.2, -0.15) is 0 Å². The predicted octanol–water partition coefficient (Wildman–Crippen LogP) is 4.89. The second kappa shape index (κ2) is 11.7. The van der Waals surface area contributed by atoms with Gasteiger partial charge in [-0.05, 0) is 68.0 Å². The van der Waals surface area contributed by atoms with E-state index in [0.717, 1.165) is 31.4 Å². The predicted molar refractivity (Wildman–Crippen MR) is 130 cm³/mol. The molecule has 0 spiro atoms. The molecule has 1 aliphatic heterocycles. The molecule has 0 saturated carbocycles. The lowest BCUT2D eigenvalue weighted by atomic mass is 10.0. The monoisotopic (exact) mass is 452 g/mol. The van der Waals surface area contributed by atoms with Crippen molar-refractivity contribution in [2.24, 2.45) is 5.92 Å². The van der Waals surface area contributed by atoms with Crippen LogP contribution in [-0.2, 0) is 0 Å². The topological polar surface area (TPSA) is 59.1 Å². The molecular weight excluding hydrogens is 416 g/mol. The van der Waals surface area contributed by atoms with Crippen LogP contribution in [0.3, 0.4) is 0 Å². The molecule has 2 amide bonds. The van der Waals surface area contributed by atoms with E-state index in [2.05, 4.69) is 13.8 Å². The minimum Gasteiger partial charge on any atom is -0.497 e. The Morgan fingerprint density at radius 2 is 1.76 bits per heavy atom. The fourth-order valence-corrected chi connectivity index (χ4v) is 4.25. The van der Waals surface area contributed by atoms with Gasteiger partial charge in [-0.3, -0.25) is 9.59 Å². The highest BCUT2D eigenvalue weighted by Gasteiger charge is 2.27. The Morgan fingerprint density at radius 3 is 2.45 bits per heavy atom. The number of carbonyl (C=O) groups is 2. The molecule has 6 heteroatoms. The molecule has 1 atom stereocenters. The highest BCUT2D eigenvalue weighted by molar-refractivity contribution is 5.97. The van der Waals surface area contributed by atoms with Gasteiger partial charge in [-0.25, -0.2) is 0 Å². The van der Waals surface area contributed by atoms with E-state index in [1.807, 2.05) is 60.5 Å². The third kappa shape index (κ3) is 6.50. The zero-order valence-corrected chi connectivity index (χ0v) is 20.3. The van der Waals surface area contributed by atoms with Crippen molar-refractivity contribution < 1.29 is 19.1 Å². The van der Waals surface area contributed by atoms with E-state index in [0.29, 0.717) is 42.5 Å². The first kappa shape index (κ1) is 24.6. The normalized spacial score (nSPS) is 18.0. The average molecular weight is 453 g/mol. The number of fused-ring (bicyclic) bond motifs is 1. The summed E-state index contributed by atoms with van der Waals surface area (Å²) in [6.07, 6.45) is 3.54. The summed E-state index contributed by atoms with van der Waals surface area (Å²) in [6.45, 7) is 5.99. The van der Waals surface area contributed by atoms with E-state index < -0.39 is 0 Å². The standard InChI is InChI=1S/C27H36N2O4/c1-20(2)18-22-19-33-25-11-7-6-10-24(25)27(31)28(3)16-8-5-9-17-29(22)26(30)21-12-14-23(32-4)15-13-21/h6-7,10-15,20,22H,5,8-9,16-19H2,1-4H3/t22-/m0/s1. The summed E-state index contributed by atoms with van der Waals surface area (Å²) in [4.78, 5) is 30.3. The number of hydrogen-bond acceptors (Lipinski definition) is 4. The number of ether oxygens (including phenoxy) is 2. The van der Waals surface area contributed by atoms with Gasteiger partial charge in [0, 0.05) is 25.7 Å². The van der Waals surface area contributed by atoms with Gasteiger partial charge < -0.3 is 19.3 Å². The quantitative estimate of drug-likeness (QED) is 0.663. The maximum atomic E-state index is 13.6. The van der Waals surface area contributed by atoms with Gasteiger partial charge >= 0.3 is 0 Å². The number of methoxy groups -OCH3 is 1. The van der Waals surface area contributed by atoms with Crippen LogP contribution in [0.4, 0.5) is 0 Å². The molecular formula is C27H36N2O4. The van der Waals surface area contributed by atoms with E-state index in [9.17, 15) is 9.59 Å². The molecule has 0 radical (unpaired) electrons. The van der Waals surface area contributed by atoms with Crippen LogP contribution in [-0.4, -0.2) is 61.5 Å². The van der Waals surface area contributed by atoms with Gasteiger partial charge in [0.25, 0.3) is 11.8 Å². The van der Waals surface area contributed by atoms with Crippen LogP contribution in [0.1, 0.15) is 60.2 Å². The van der Waals surface area contributed by atoms with Gasteiger partial charge in [0.2, 0.25) is 0 Å². The van der Waals surface area contributed by atoms with Crippen LogP contribution in [0.2, 0.25) is 0 Å². The molecule has 3 rings (SSSR count). The fraction of sp³-hybridized carbons (Fsp3) is 0.481. The van der Waals surface area contributed by atoms with E-state index >= 15 is 0 Å². The lowest BCUT2D eigenvalue weighted by molar-refractivity contribution is 0.0573. The fourth-order valence-electron chi connectivity index (χ4n) is 4.25. The van der Waals surface area contributed by atoms with Gasteiger partial charge in [-0.1, -0.05) is 26.0 Å². The minimum absolute atomic E-state index is 0.00301. The second-order valence-electron chi connectivity index (χ2n) is 9.10. The summed E-state index contributed by atoms with van der Waals surface area (Å²) >= 11 is 0. The molecule has 0 bridgehead atoms. The van der Waals surface area contributed by atoms with Crippen LogP contribution < -0.4 is 9.47 Å². The molecule has 0 aliphatic carbocycles. The Kier molecular flexibility index (Phi) is 8.75. The van der Waals surface area contributed by atoms with Crippen molar-refractivity contribution >= 4 is 11.8 Å². The molecule has 0 fully saturated rings. The number of benzene rings is 2. The van der Waals surface area contributed by atoms with E-state index in [1.54, 1.807) is 12.0 Å². The van der Waals surface area contributed by atoms with Gasteiger partial charge in [0.05, 0.1) is 18.7 Å². The molecule has 0 saturated heterocycles. The molecule has 2 aromatic carbocycles. The largest absolute Gasteiger partial charge is 0.497 e. The minimum atomic E-state index is -0.0961. The van der Waals surface area contributed by atoms with Crippen molar-refractivity contribution in [3.8, 4) is 11.5 Å². The Hall–Kier alpha value is -3.02. The average Bonchev–Trinajstić information content (AvgIpc) is 2.83. The highest BCUT2D eigenvalue weighted by atomic mass is 16.5. The molecule has 33 heavy (non-hydrogen) atoms. The van der Waals surface area contributed by atoms with Crippen LogP contribution in [0.5, 0.6) is 11.5 Å². The number of nitrogens with zero attached hydrogens (tertiary/aromatic N) is 2. The summed E-state index contributed by atoms with van der Waals surface area (Å²) in [6, 6.07) is 14.6. The van der Waals surface area contributed by atoms with Crippen molar-refractivity contribution in [2.75, 3.05) is 33.9 Å². The summed E-state index contributed by atoms with van der Waals surface area (Å²) < 4.78 is 11.5. The van der Waals surface area contributed by atoms with Crippen molar-refractivity contribution in [1.82, 2.24) is 9.80 Å². The third-order valence-corrected chi connectivity index (χ3v) is 6.07. The van der Waals surface area contributed by atoms with E-state index in [-0.39, 0.29) is 17.9 Å². The van der Waals surface area contributed by atoms with Gasteiger partial charge in [0.15, 0.2) is 0 Å². The molecule has 2 aromatic rings. The molecule has 1 heterocycles. The van der Waals surface area contributed by atoms with Crippen molar-refractivity contribution in [3.63, 3.8) is 0 Å². The zero-order valence-electron chi connectivity index (χ0n) is 20.3. The van der Waals surface area contributed by atoms with Crippen molar-refractivity contribution in [3.05, 3.63) is 59.7 Å². The maximum absolute atomic E-state index is 13.6. The number of para-hydroxylation sites is 1. The lowest BCUT2D eigenvalue weighted by Crippen LogP contribution is -2.45. The van der Waals surface area contributed by atoms with Crippen LogP contribution in [0, 0.1) is 5.92 Å². The van der Waals surface area contributed by atoms with Gasteiger partial charge in [-0.15, -0.1) is 0 Å². The Labute approximate surface area is 197 Å². The van der Waals surface area contributed by atoms with E-state index in [1.165, 1.54) is 0 Å². The Balaban J connectivity index is 1.92. The third-order valence-electron chi connectivity index (χ3n) is 6.07. The number of carbonyl (C=O) groups excluding carboxylic acids is 2. The highest BCUT2D eigenvalue weighted by Crippen LogP contribution is 2.24. The summed E-state index contributed by atoms with van der Waals surface area (Å²) in [5, 5.41) is 0. The second-order valence-corrected chi connectivity index (χ2v) is 9.10. The first-order chi connectivity index (χ1) is 15.9. The van der Waals surface area contributed by atoms with Gasteiger partial charge in [0.1, 0.15) is 18.1 Å². The Morgan fingerprint density at radius 1 is 1.06 bits per heavy atom. The number of amides is 2. The number of hydrogen-bond donors (Lipinski definition) is 0. The molecule has 0 unspecified atom stereocenters. The van der Waals surface area contributed by atoms with Crippen molar-refractivity contribution in [2.45, 2.75) is 45.6 Å². The van der Waals surface area contributed by atoms with E-state index in [4.69, 9.17) is 9.47 Å². The zero-order chi connectivity index (χ0) is 23.8. The lowest BCUT2D eigenvalue weighted by Gasteiger charge is -2.33. The summed E-state index contributed by atoms with van der Waals surface area (Å²) in [5.74, 6) is 1.66. The first-order valence-electron chi connectivity index (χ1n) is 11.8. The maximum Gasteiger partial charge on any atom is 0.257 e. The first-order valence-corrected chi connectivity index (χ1v) is 11.8. The van der Waals surface area contributed by atoms with Crippen molar-refractivity contribution in [1.29, 1.82) is 0 Å². The van der Waals surface area contributed by atoms with Crippen LogP contribution >= 0.6 is 0 Å². The molecule has 0 aromatic heterocycles. The van der Waals surface area contributed by atoms with Crippen LogP contribution in [0.15, 0.2) is 48.5 Å². The molecule has 6 nitrogen and oxygen atoms in total. The Bertz CT molecular complexity index is 926. The molecule has 0 N–H and O–H groups in total. The smallest absolute Gasteiger partial charge is 0.257 e. The molecule has 178 valence electrons. The molecule has 1 aliphatic rings. The SMILES string of the molecule is COc1ccc(C(=O)N2CCCCCN(C)C(=O)c3ccccc3OC[C@@H]2CC(C)C)cc1.